The van der Waals surface area contributed by atoms with Gasteiger partial charge in [-0.15, -0.1) is 11.3 Å². The molecule has 0 fully saturated rings. The van der Waals surface area contributed by atoms with Gasteiger partial charge in [0.15, 0.2) is 0 Å². The van der Waals surface area contributed by atoms with Crippen molar-refractivity contribution in [1.29, 1.82) is 0 Å². The molecular formula is C18H17Cl2N3OS. The van der Waals surface area contributed by atoms with Gasteiger partial charge in [-0.2, -0.15) is 0 Å². The van der Waals surface area contributed by atoms with Gasteiger partial charge in [0.25, 0.3) is 5.56 Å². The first kappa shape index (κ1) is 17.0. The van der Waals surface area contributed by atoms with Crippen LogP contribution in [0.25, 0.3) is 10.2 Å². The van der Waals surface area contributed by atoms with Gasteiger partial charge in [-0.1, -0.05) is 29.3 Å². The Labute approximate surface area is 159 Å². The zero-order valence-electron chi connectivity index (χ0n) is 13.8. The molecule has 25 heavy (non-hydrogen) atoms. The highest BCUT2D eigenvalue weighted by Crippen LogP contribution is 2.24. The molecule has 2 aromatic heterocycles. The third-order valence-electron chi connectivity index (χ3n) is 4.62. The minimum Gasteiger partial charge on any atom is -0.297 e. The van der Waals surface area contributed by atoms with E-state index in [1.54, 1.807) is 0 Å². The summed E-state index contributed by atoms with van der Waals surface area (Å²) in [6, 6.07) is 5.73. The molecule has 0 N–H and O–H groups in total. The van der Waals surface area contributed by atoms with Gasteiger partial charge >= 0.3 is 0 Å². The third kappa shape index (κ3) is 3.22. The quantitative estimate of drug-likeness (QED) is 0.656. The lowest BCUT2D eigenvalue weighted by Gasteiger charge is -2.19. The molecule has 0 radical (unpaired) electrons. The Morgan fingerprint density at radius 2 is 2.04 bits per heavy atom. The topological polar surface area (TPSA) is 38.1 Å². The number of hydrogen-bond acceptors (Lipinski definition) is 4. The Hall–Kier alpha value is -1.40. The highest BCUT2D eigenvalue weighted by atomic mass is 35.5. The molecule has 0 atom stereocenters. The van der Waals surface area contributed by atoms with Crippen LogP contribution in [0.2, 0.25) is 10.0 Å². The van der Waals surface area contributed by atoms with Gasteiger partial charge < -0.3 is 0 Å². The summed E-state index contributed by atoms with van der Waals surface area (Å²) < 4.78 is 2.60. The van der Waals surface area contributed by atoms with E-state index in [0.717, 1.165) is 53.2 Å². The third-order valence-corrected chi connectivity index (χ3v) is 6.43. The number of halogens is 2. The number of aryl methyl sites for hydroxylation is 1. The molecule has 1 aromatic carbocycles. The zero-order valence-corrected chi connectivity index (χ0v) is 16.1. The highest BCUT2D eigenvalue weighted by Gasteiger charge is 2.19. The first-order chi connectivity index (χ1) is 12.0. The second-order valence-corrected chi connectivity index (χ2v) is 8.05. The molecule has 0 saturated carbocycles. The SMILES string of the molecule is Cc1csc2c(=O)n3c(nc12)CCN(Cc1ccc(Cl)c(Cl)c1)CC3. The molecule has 7 heteroatoms. The molecule has 3 aromatic rings. The van der Waals surface area contributed by atoms with E-state index in [4.69, 9.17) is 28.2 Å². The average Bonchev–Trinajstić information content (AvgIpc) is 2.83. The Morgan fingerprint density at radius 3 is 2.84 bits per heavy atom. The Kier molecular flexibility index (Phi) is 4.58. The van der Waals surface area contributed by atoms with Crippen LogP contribution in [0, 0.1) is 6.92 Å². The van der Waals surface area contributed by atoms with Gasteiger partial charge in [0, 0.05) is 32.6 Å². The fourth-order valence-corrected chi connectivity index (χ4v) is 4.50. The summed E-state index contributed by atoms with van der Waals surface area (Å²) in [6.45, 7) is 5.13. The molecular weight excluding hydrogens is 377 g/mol. The summed E-state index contributed by atoms with van der Waals surface area (Å²) in [5, 5.41) is 3.15. The summed E-state index contributed by atoms with van der Waals surface area (Å²) in [5.74, 6) is 0.885. The first-order valence-corrected chi connectivity index (χ1v) is 9.80. The lowest BCUT2D eigenvalue weighted by molar-refractivity contribution is 0.271. The maximum absolute atomic E-state index is 12.8. The number of thiophene rings is 1. The molecule has 0 amide bonds. The molecule has 4 rings (SSSR count). The molecule has 1 aliphatic rings. The minimum absolute atomic E-state index is 0.0921. The molecule has 0 aliphatic carbocycles. The van der Waals surface area contributed by atoms with Crippen LogP contribution >= 0.6 is 34.5 Å². The minimum atomic E-state index is 0.0921. The average molecular weight is 394 g/mol. The van der Waals surface area contributed by atoms with E-state index >= 15 is 0 Å². The Bertz CT molecular complexity index is 1010. The molecule has 0 saturated heterocycles. The summed E-state index contributed by atoms with van der Waals surface area (Å²) >= 11 is 13.6. The molecule has 0 unspecified atom stereocenters. The van der Waals surface area contributed by atoms with Crippen molar-refractivity contribution in [2.75, 3.05) is 13.1 Å². The number of benzene rings is 1. The number of hydrogen-bond donors (Lipinski definition) is 0. The smallest absolute Gasteiger partial charge is 0.271 e. The maximum atomic E-state index is 12.8. The first-order valence-electron chi connectivity index (χ1n) is 8.17. The zero-order chi connectivity index (χ0) is 17.6. The van der Waals surface area contributed by atoms with Gasteiger partial charge in [0.2, 0.25) is 0 Å². The van der Waals surface area contributed by atoms with E-state index < -0.39 is 0 Å². The van der Waals surface area contributed by atoms with Crippen molar-refractivity contribution in [3.8, 4) is 0 Å². The number of nitrogens with zero attached hydrogens (tertiary/aromatic N) is 3. The molecule has 130 valence electrons. The lowest BCUT2D eigenvalue weighted by atomic mass is 10.2. The van der Waals surface area contributed by atoms with E-state index in [0.29, 0.717) is 16.6 Å². The van der Waals surface area contributed by atoms with Crippen LogP contribution in [-0.4, -0.2) is 27.5 Å². The van der Waals surface area contributed by atoms with Crippen LogP contribution in [0.15, 0.2) is 28.4 Å². The van der Waals surface area contributed by atoms with Crippen molar-refractivity contribution in [1.82, 2.24) is 14.5 Å². The number of rotatable bonds is 2. The van der Waals surface area contributed by atoms with Crippen molar-refractivity contribution in [3.63, 3.8) is 0 Å². The number of aromatic nitrogens is 2. The van der Waals surface area contributed by atoms with Gasteiger partial charge in [0.05, 0.1) is 15.6 Å². The van der Waals surface area contributed by atoms with E-state index in [1.807, 2.05) is 35.1 Å². The number of fused-ring (bicyclic) bond motifs is 2. The predicted octanol–water partition coefficient (Wildman–Crippen LogP) is 4.13. The monoisotopic (exact) mass is 393 g/mol. The van der Waals surface area contributed by atoms with Crippen LogP contribution < -0.4 is 5.56 Å². The van der Waals surface area contributed by atoms with Crippen molar-refractivity contribution in [3.05, 3.63) is 60.9 Å². The second-order valence-electron chi connectivity index (χ2n) is 6.36. The summed E-state index contributed by atoms with van der Waals surface area (Å²) in [7, 11) is 0. The van der Waals surface area contributed by atoms with E-state index in [1.165, 1.54) is 11.3 Å². The van der Waals surface area contributed by atoms with E-state index in [9.17, 15) is 4.79 Å². The summed E-state index contributed by atoms with van der Waals surface area (Å²) in [4.78, 5) is 19.9. The van der Waals surface area contributed by atoms with Crippen LogP contribution in [-0.2, 0) is 19.5 Å². The summed E-state index contributed by atoms with van der Waals surface area (Å²) in [5.41, 5.74) is 3.16. The predicted molar refractivity (Wildman–Crippen MR) is 104 cm³/mol. The Balaban J connectivity index is 1.59. The molecule has 0 spiro atoms. The van der Waals surface area contributed by atoms with Crippen LogP contribution in [0.5, 0.6) is 0 Å². The maximum Gasteiger partial charge on any atom is 0.271 e. The van der Waals surface area contributed by atoms with Gasteiger partial charge in [-0.25, -0.2) is 4.98 Å². The Morgan fingerprint density at radius 1 is 1.20 bits per heavy atom. The highest BCUT2D eigenvalue weighted by molar-refractivity contribution is 7.17. The van der Waals surface area contributed by atoms with Gasteiger partial charge in [-0.3, -0.25) is 14.3 Å². The van der Waals surface area contributed by atoms with Crippen molar-refractivity contribution < 1.29 is 0 Å². The fraction of sp³-hybridized carbons (Fsp3) is 0.333. The normalized spacial score (nSPS) is 15.3. The second kappa shape index (κ2) is 6.72. The molecule has 4 nitrogen and oxygen atoms in total. The molecule has 1 aliphatic heterocycles. The summed E-state index contributed by atoms with van der Waals surface area (Å²) in [6.07, 6.45) is 0.766. The van der Waals surface area contributed by atoms with E-state index in [-0.39, 0.29) is 5.56 Å². The molecule has 0 bridgehead atoms. The standard InChI is InChI=1S/C18H17Cl2N3OS/c1-11-10-25-17-16(11)21-15-4-5-22(6-7-23(15)18(17)24)9-12-2-3-13(19)14(20)8-12/h2-3,8,10H,4-7,9H2,1H3. The van der Waals surface area contributed by atoms with Crippen molar-refractivity contribution in [2.24, 2.45) is 0 Å². The van der Waals surface area contributed by atoms with Crippen LogP contribution in [0.3, 0.4) is 0 Å². The fourth-order valence-electron chi connectivity index (χ4n) is 3.24. The van der Waals surface area contributed by atoms with Gasteiger partial charge in [0.1, 0.15) is 10.5 Å². The van der Waals surface area contributed by atoms with Crippen molar-refractivity contribution in [2.45, 2.75) is 26.4 Å². The van der Waals surface area contributed by atoms with Crippen LogP contribution in [0.1, 0.15) is 17.0 Å². The van der Waals surface area contributed by atoms with E-state index in [2.05, 4.69) is 4.90 Å². The molecule has 3 heterocycles. The van der Waals surface area contributed by atoms with Gasteiger partial charge in [-0.05, 0) is 35.6 Å². The van der Waals surface area contributed by atoms with Crippen LogP contribution in [0.4, 0.5) is 0 Å². The van der Waals surface area contributed by atoms with Crippen molar-refractivity contribution >= 4 is 44.8 Å². The largest absolute Gasteiger partial charge is 0.297 e. The lowest BCUT2D eigenvalue weighted by Crippen LogP contribution is -2.28.